The molecule has 6 heteroatoms. The van der Waals surface area contributed by atoms with Crippen LogP contribution in [0.2, 0.25) is 19.6 Å². The second-order valence-corrected chi connectivity index (χ2v) is 17.9. The molecule has 0 atom stereocenters. The van der Waals surface area contributed by atoms with E-state index in [0.717, 1.165) is 38.5 Å². The molecule has 4 nitrogen and oxygen atoms in total. The minimum atomic E-state index is -3.78. The van der Waals surface area contributed by atoms with Crippen LogP contribution in [0, 0.1) is 0 Å². The van der Waals surface area contributed by atoms with Gasteiger partial charge in [0.05, 0.1) is 0 Å². The summed E-state index contributed by atoms with van der Waals surface area (Å²) in [6.07, 6.45) is 19.3. The van der Waals surface area contributed by atoms with Crippen molar-refractivity contribution in [2.24, 2.45) is 0 Å². The molecule has 0 radical (unpaired) electrons. The molecule has 27 heavy (non-hydrogen) atoms. The first-order chi connectivity index (χ1) is 12.9. The zero-order valence-electron chi connectivity index (χ0n) is 18.0. The molecule has 3 aliphatic rings. The van der Waals surface area contributed by atoms with Crippen LogP contribution < -0.4 is 0 Å². The summed E-state index contributed by atoms with van der Waals surface area (Å²) in [4.78, 5) is 0. The first kappa shape index (κ1) is 22.5. The molecule has 3 fully saturated rings. The van der Waals surface area contributed by atoms with Crippen LogP contribution in [0.15, 0.2) is 0 Å². The van der Waals surface area contributed by atoms with E-state index in [1.807, 2.05) is 0 Å². The van der Waals surface area contributed by atoms with Gasteiger partial charge in [0, 0.05) is 0 Å². The van der Waals surface area contributed by atoms with Crippen molar-refractivity contribution in [3.8, 4) is 0 Å². The second kappa shape index (κ2) is 10.7. The summed E-state index contributed by atoms with van der Waals surface area (Å²) >= 11 is -3.78. The molecule has 0 aromatic carbocycles. The summed E-state index contributed by atoms with van der Waals surface area (Å²) in [7, 11) is -1.84. The summed E-state index contributed by atoms with van der Waals surface area (Å²) in [6.45, 7) is 6.77. The fourth-order valence-corrected chi connectivity index (χ4v) is 13.1. The van der Waals surface area contributed by atoms with E-state index < -0.39 is 26.5 Å². The summed E-state index contributed by atoms with van der Waals surface area (Å²) in [5.41, 5.74) is 0. The Hall–Kier alpha value is 0.771. The van der Waals surface area contributed by atoms with Gasteiger partial charge in [0.25, 0.3) is 0 Å². The quantitative estimate of drug-likeness (QED) is 0.398. The van der Waals surface area contributed by atoms with Crippen LogP contribution in [0.25, 0.3) is 0 Å². The van der Waals surface area contributed by atoms with Crippen LogP contribution in [0.1, 0.15) is 96.3 Å². The standard InChI is InChI=1S/3C6H11O.C3H9OSi.Ti/c3*7-6-4-2-1-3-5-6;1-5(2,3)4;/h3*6H,1-5H2;1-3H3;/q4*-1;+4. The van der Waals surface area contributed by atoms with Gasteiger partial charge in [-0.3, -0.25) is 0 Å². The van der Waals surface area contributed by atoms with E-state index >= 15 is 0 Å². The van der Waals surface area contributed by atoms with Crippen molar-refractivity contribution in [2.75, 3.05) is 0 Å². The third kappa shape index (κ3) is 7.84. The van der Waals surface area contributed by atoms with E-state index in [1.165, 1.54) is 57.8 Å². The van der Waals surface area contributed by atoms with E-state index in [9.17, 15) is 0 Å². The molecule has 0 N–H and O–H groups in total. The van der Waals surface area contributed by atoms with Gasteiger partial charge in [-0.15, -0.1) is 0 Å². The Morgan fingerprint density at radius 2 is 0.815 bits per heavy atom. The predicted octanol–water partition coefficient (Wildman–Crippen LogP) is 6.70. The van der Waals surface area contributed by atoms with Gasteiger partial charge in [-0.2, -0.15) is 0 Å². The van der Waals surface area contributed by atoms with Crippen molar-refractivity contribution < 1.29 is 31.1 Å². The van der Waals surface area contributed by atoms with E-state index in [4.69, 9.17) is 13.0 Å². The first-order valence-corrected chi connectivity index (χ1v) is 17.6. The molecule has 0 aromatic rings. The first-order valence-electron chi connectivity index (χ1n) is 11.7. The van der Waals surface area contributed by atoms with Crippen LogP contribution in [0.3, 0.4) is 0 Å². The number of rotatable bonds is 8. The molecule has 3 rings (SSSR count). The van der Waals surface area contributed by atoms with Crippen molar-refractivity contribution >= 4 is 8.32 Å². The molecule has 0 amide bonds. The van der Waals surface area contributed by atoms with E-state index in [1.54, 1.807) is 0 Å². The molecule has 0 bridgehead atoms. The molecule has 0 aromatic heterocycles. The minimum absolute atomic E-state index is 0.280. The van der Waals surface area contributed by atoms with Gasteiger partial charge in [-0.05, 0) is 0 Å². The third-order valence-electron chi connectivity index (χ3n) is 6.02. The van der Waals surface area contributed by atoms with Crippen LogP contribution in [-0.2, 0) is 31.1 Å². The maximum absolute atomic E-state index is 6.82. The van der Waals surface area contributed by atoms with E-state index in [0.29, 0.717) is 0 Å². The Bertz CT molecular complexity index is 374. The summed E-state index contributed by atoms with van der Waals surface area (Å²) in [6, 6.07) is 0. The SMILES string of the molecule is C[Si](C)(C)[O][Ti]([O]C1CCCCC1)([O]C1CCCCC1)[O]C1CCCCC1. The molecule has 0 saturated heterocycles. The fraction of sp³-hybridized carbons (Fsp3) is 1.00. The Labute approximate surface area is 173 Å². The van der Waals surface area contributed by atoms with E-state index in [-0.39, 0.29) is 18.3 Å². The Balaban J connectivity index is 1.77. The fourth-order valence-electron chi connectivity index (χ4n) is 4.69. The molecule has 158 valence electrons. The molecule has 0 aliphatic heterocycles. The monoisotopic (exact) mass is 434 g/mol. The molecular weight excluding hydrogens is 392 g/mol. The molecule has 0 spiro atoms. The van der Waals surface area contributed by atoms with Crippen molar-refractivity contribution in [1.82, 2.24) is 0 Å². The molecule has 3 saturated carbocycles. The van der Waals surface area contributed by atoms with Gasteiger partial charge >= 0.3 is 174 Å². The van der Waals surface area contributed by atoms with Crippen LogP contribution in [0.5, 0.6) is 0 Å². The van der Waals surface area contributed by atoms with E-state index in [2.05, 4.69) is 19.6 Å². The van der Waals surface area contributed by atoms with Crippen LogP contribution >= 0.6 is 0 Å². The topological polar surface area (TPSA) is 36.9 Å². The maximum atomic E-state index is 6.82. The zero-order chi connectivity index (χ0) is 19.2. The van der Waals surface area contributed by atoms with Gasteiger partial charge in [0.2, 0.25) is 0 Å². The average Bonchev–Trinajstić information content (AvgIpc) is 2.62. The summed E-state index contributed by atoms with van der Waals surface area (Å²) < 4.78 is 27.2. The number of hydrogen-bond donors (Lipinski definition) is 0. The van der Waals surface area contributed by atoms with Crippen molar-refractivity contribution in [3.05, 3.63) is 0 Å². The number of hydrogen-bond acceptors (Lipinski definition) is 4. The predicted molar refractivity (Wildman–Crippen MR) is 108 cm³/mol. The van der Waals surface area contributed by atoms with Gasteiger partial charge in [0.1, 0.15) is 0 Å². The molecular formula is C21H42O4SiTi. The molecule has 0 unspecified atom stereocenters. The van der Waals surface area contributed by atoms with Gasteiger partial charge in [-0.1, -0.05) is 0 Å². The Kier molecular flexibility index (Phi) is 8.90. The Morgan fingerprint density at radius 3 is 1.07 bits per heavy atom. The second-order valence-electron chi connectivity index (χ2n) is 9.85. The summed E-state index contributed by atoms with van der Waals surface area (Å²) in [5.74, 6) is 0. The molecule has 3 aliphatic carbocycles. The van der Waals surface area contributed by atoms with Gasteiger partial charge in [0.15, 0.2) is 0 Å². The summed E-state index contributed by atoms with van der Waals surface area (Å²) in [5, 5.41) is 0. The van der Waals surface area contributed by atoms with Gasteiger partial charge < -0.3 is 0 Å². The van der Waals surface area contributed by atoms with Crippen molar-refractivity contribution in [1.29, 1.82) is 0 Å². The van der Waals surface area contributed by atoms with Crippen molar-refractivity contribution in [2.45, 2.75) is 134 Å². The molecule has 0 heterocycles. The van der Waals surface area contributed by atoms with Crippen molar-refractivity contribution in [3.63, 3.8) is 0 Å². The van der Waals surface area contributed by atoms with Crippen LogP contribution in [0.4, 0.5) is 0 Å². The zero-order valence-corrected chi connectivity index (χ0v) is 20.5. The Morgan fingerprint density at radius 1 is 0.519 bits per heavy atom. The van der Waals surface area contributed by atoms with Gasteiger partial charge in [-0.25, -0.2) is 0 Å². The van der Waals surface area contributed by atoms with Crippen LogP contribution in [-0.4, -0.2) is 26.6 Å². The normalized spacial score (nSPS) is 25.0. The average molecular weight is 435 g/mol. The third-order valence-corrected chi connectivity index (χ3v) is 13.8.